The quantitative estimate of drug-likeness (QED) is 0.558. The van der Waals surface area contributed by atoms with Crippen LogP contribution in [0.2, 0.25) is 0 Å². The highest BCUT2D eigenvalue weighted by Gasteiger charge is 1.97. The summed E-state index contributed by atoms with van der Waals surface area (Å²) in [4.78, 5) is 0. The summed E-state index contributed by atoms with van der Waals surface area (Å²) in [5.74, 6) is 0.804. The SMILES string of the molecule is CCCCCCOc1ccc(N)c(N)c1. The minimum atomic E-state index is 0.584. The summed E-state index contributed by atoms with van der Waals surface area (Å²) >= 11 is 0. The molecule has 0 fully saturated rings. The third-order valence-electron chi connectivity index (χ3n) is 2.32. The van der Waals surface area contributed by atoms with E-state index in [-0.39, 0.29) is 0 Å². The second-order valence-electron chi connectivity index (χ2n) is 3.70. The molecule has 0 aliphatic heterocycles. The summed E-state index contributed by atoms with van der Waals surface area (Å²) in [5.41, 5.74) is 12.5. The lowest BCUT2D eigenvalue weighted by atomic mass is 10.2. The van der Waals surface area contributed by atoms with Crippen molar-refractivity contribution in [2.75, 3.05) is 18.1 Å². The molecule has 0 saturated heterocycles. The summed E-state index contributed by atoms with van der Waals surface area (Å²) in [6, 6.07) is 5.40. The highest BCUT2D eigenvalue weighted by atomic mass is 16.5. The van der Waals surface area contributed by atoms with E-state index in [2.05, 4.69) is 6.92 Å². The van der Waals surface area contributed by atoms with Gasteiger partial charge in [-0.2, -0.15) is 0 Å². The molecule has 0 saturated carbocycles. The first kappa shape index (κ1) is 11.7. The first-order valence-corrected chi connectivity index (χ1v) is 5.52. The second kappa shape index (κ2) is 6.17. The van der Waals surface area contributed by atoms with Crippen LogP contribution in [0.4, 0.5) is 11.4 Å². The van der Waals surface area contributed by atoms with Crippen LogP contribution in [-0.2, 0) is 0 Å². The summed E-state index contributed by atoms with van der Waals surface area (Å²) in [5, 5.41) is 0. The topological polar surface area (TPSA) is 61.3 Å². The molecule has 0 radical (unpaired) electrons. The zero-order chi connectivity index (χ0) is 11.1. The molecule has 0 unspecified atom stereocenters. The van der Waals surface area contributed by atoms with Gasteiger partial charge in [0, 0.05) is 6.07 Å². The van der Waals surface area contributed by atoms with Gasteiger partial charge in [-0.1, -0.05) is 26.2 Å². The maximum absolute atomic E-state index is 5.67. The molecule has 0 heterocycles. The Morgan fingerprint density at radius 3 is 2.53 bits per heavy atom. The predicted octanol–water partition coefficient (Wildman–Crippen LogP) is 2.81. The number of rotatable bonds is 6. The summed E-state index contributed by atoms with van der Waals surface area (Å²) in [6.45, 7) is 2.95. The Morgan fingerprint density at radius 1 is 1.07 bits per heavy atom. The molecule has 0 atom stereocenters. The van der Waals surface area contributed by atoms with Crippen molar-refractivity contribution in [1.29, 1.82) is 0 Å². The van der Waals surface area contributed by atoms with Gasteiger partial charge in [-0.3, -0.25) is 0 Å². The predicted molar refractivity (Wildman–Crippen MR) is 64.9 cm³/mol. The highest BCUT2D eigenvalue weighted by Crippen LogP contribution is 2.21. The molecule has 3 heteroatoms. The van der Waals surface area contributed by atoms with Crippen LogP contribution in [0.25, 0.3) is 0 Å². The molecule has 0 amide bonds. The van der Waals surface area contributed by atoms with Crippen molar-refractivity contribution in [1.82, 2.24) is 0 Å². The number of nitrogens with two attached hydrogens (primary N) is 2. The Hall–Kier alpha value is -1.38. The van der Waals surface area contributed by atoms with Crippen LogP contribution in [-0.4, -0.2) is 6.61 Å². The molecule has 0 bridgehead atoms. The molecule has 0 spiro atoms. The number of anilines is 2. The van der Waals surface area contributed by atoms with Gasteiger partial charge in [0.05, 0.1) is 18.0 Å². The van der Waals surface area contributed by atoms with Gasteiger partial charge in [-0.25, -0.2) is 0 Å². The molecular formula is C12H20N2O. The average Bonchev–Trinajstić information content (AvgIpc) is 2.23. The lowest BCUT2D eigenvalue weighted by Crippen LogP contribution is -1.99. The number of hydrogen-bond acceptors (Lipinski definition) is 3. The number of benzene rings is 1. The van der Waals surface area contributed by atoms with Gasteiger partial charge in [0.25, 0.3) is 0 Å². The first-order valence-electron chi connectivity index (χ1n) is 5.52. The molecule has 1 aromatic carbocycles. The average molecular weight is 208 g/mol. The molecule has 3 nitrogen and oxygen atoms in total. The van der Waals surface area contributed by atoms with E-state index >= 15 is 0 Å². The summed E-state index contributed by atoms with van der Waals surface area (Å²) in [6.07, 6.45) is 4.83. The fourth-order valence-electron chi connectivity index (χ4n) is 1.36. The Labute approximate surface area is 91.4 Å². The Bertz CT molecular complexity index is 300. The zero-order valence-electron chi connectivity index (χ0n) is 9.33. The van der Waals surface area contributed by atoms with E-state index in [1.165, 1.54) is 19.3 Å². The van der Waals surface area contributed by atoms with Crippen LogP contribution < -0.4 is 16.2 Å². The van der Waals surface area contributed by atoms with Crippen molar-refractivity contribution in [3.63, 3.8) is 0 Å². The molecule has 84 valence electrons. The molecule has 0 aliphatic rings. The molecular weight excluding hydrogens is 188 g/mol. The maximum atomic E-state index is 5.67. The fourth-order valence-corrected chi connectivity index (χ4v) is 1.36. The van der Waals surface area contributed by atoms with Crippen LogP contribution in [0.1, 0.15) is 32.6 Å². The van der Waals surface area contributed by atoms with E-state index in [4.69, 9.17) is 16.2 Å². The molecule has 4 N–H and O–H groups in total. The third kappa shape index (κ3) is 4.11. The standard InChI is InChI=1S/C12H20N2O/c1-2-3-4-5-8-15-10-6-7-11(13)12(14)9-10/h6-7,9H,2-5,8,13-14H2,1H3. The molecule has 1 rings (SSSR count). The largest absolute Gasteiger partial charge is 0.494 e. The van der Waals surface area contributed by atoms with Gasteiger partial charge in [-0.15, -0.1) is 0 Å². The van der Waals surface area contributed by atoms with E-state index in [0.29, 0.717) is 11.4 Å². The first-order chi connectivity index (χ1) is 7.24. The maximum Gasteiger partial charge on any atom is 0.121 e. The minimum Gasteiger partial charge on any atom is -0.494 e. The van der Waals surface area contributed by atoms with Gasteiger partial charge < -0.3 is 16.2 Å². The van der Waals surface area contributed by atoms with Crippen molar-refractivity contribution in [2.45, 2.75) is 32.6 Å². The van der Waals surface area contributed by atoms with E-state index < -0.39 is 0 Å². The van der Waals surface area contributed by atoms with E-state index in [0.717, 1.165) is 18.8 Å². The third-order valence-corrected chi connectivity index (χ3v) is 2.32. The van der Waals surface area contributed by atoms with Crippen molar-refractivity contribution in [3.05, 3.63) is 18.2 Å². The number of unbranched alkanes of at least 4 members (excludes halogenated alkanes) is 3. The highest BCUT2D eigenvalue weighted by molar-refractivity contribution is 5.65. The Morgan fingerprint density at radius 2 is 1.87 bits per heavy atom. The second-order valence-corrected chi connectivity index (χ2v) is 3.70. The molecule has 0 aliphatic carbocycles. The van der Waals surface area contributed by atoms with E-state index in [9.17, 15) is 0 Å². The zero-order valence-corrected chi connectivity index (χ0v) is 9.33. The van der Waals surface area contributed by atoms with Gasteiger partial charge in [-0.05, 0) is 18.6 Å². The Balaban J connectivity index is 2.28. The lowest BCUT2D eigenvalue weighted by Gasteiger charge is -2.07. The minimum absolute atomic E-state index is 0.584. The van der Waals surface area contributed by atoms with Gasteiger partial charge in [0.15, 0.2) is 0 Å². The molecule has 15 heavy (non-hydrogen) atoms. The summed E-state index contributed by atoms with van der Waals surface area (Å²) in [7, 11) is 0. The Kier molecular flexibility index (Phi) is 4.81. The van der Waals surface area contributed by atoms with Crippen molar-refractivity contribution in [2.24, 2.45) is 0 Å². The van der Waals surface area contributed by atoms with Crippen molar-refractivity contribution >= 4 is 11.4 Å². The van der Waals surface area contributed by atoms with Gasteiger partial charge >= 0.3 is 0 Å². The normalized spacial score (nSPS) is 10.2. The number of hydrogen-bond donors (Lipinski definition) is 2. The number of nitrogen functional groups attached to an aromatic ring is 2. The van der Waals surface area contributed by atoms with Crippen LogP contribution in [0.15, 0.2) is 18.2 Å². The number of ether oxygens (including phenoxy) is 1. The van der Waals surface area contributed by atoms with Gasteiger partial charge in [0.2, 0.25) is 0 Å². The van der Waals surface area contributed by atoms with Gasteiger partial charge in [0.1, 0.15) is 5.75 Å². The van der Waals surface area contributed by atoms with E-state index in [1.54, 1.807) is 12.1 Å². The molecule has 1 aromatic rings. The van der Waals surface area contributed by atoms with Crippen molar-refractivity contribution in [3.8, 4) is 5.75 Å². The fraction of sp³-hybridized carbons (Fsp3) is 0.500. The summed E-state index contributed by atoms with van der Waals surface area (Å²) < 4.78 is 5.55. The molecule has 0 aromatic heterocycles. The van der Waals surface area contributed by atoms with E-state index in [1.807, 2.05) is 6.07 Å². The van der Waals surface area contributed by atoms with Crippen LogP contribution in [0.3, 0.4) is 0 Å². The lowest BCUT2D eigenvalue weighted by molar-refractivity contribution is 0.305. The van der Waals surface area contributed by atoms with Crippen LogP contribution >= 0.6 is 0 Å². The van der Waals surface area contributed by atoms with Crippen LogP contribution in [0.5, 0.6) is 5.75 Å². The smallest absolute Gasteiger partial charge is 0.121 e. The monoisotopic (exact) mass is 208 g/mol. The van der Waals surface area contributed by atoms with Crippen LogP contribution in [0, 0.1) is 0 Å². The van der Waals surface area contributed by atoms with Crippen molar-refractivity contribution < 1.29 is 4.74 Å².